The highest BCUT2D eigenvalue weighted by Gasteiger charge is 2.30. The van der Waals surface area contributed by atoms with Gasteiger partial charge < -0.3 is 10.2 Å². The minimum atomic E-state index is -4.36. The number of rotatable bonds is 3. The smallest absolute Gasteiger partial charge is 0.324 e. The SMILES string of the molecule is FC(F)(F)c1ccc(Nc2ncc3c(n2)N(c2ccccn2)CC3)cc1. The van der Waals surface area contributed by atoms with Gasteiger partial charge >= 0.3 is 6.18 Å². The molecule has 0 spiro atoms. The molecule has 2 aromatic heterocycles. The van der Waals surface area contributed by atoms with Gasteiger partial charge in [-0.25, -0.2) is 9.97 Å². The topological polar surface area (TPSA) is 53.9 Å². The highest BCUT2D eigenvalue weighted by atomic mass is 19.4. The molecule has 26 heavy (non-hydrogen) atoms. The van der Waals surface area contributed by atoms with Crippen molar-refractivity contribution in [1.29, 1.82) is 0 Å². The Hall–Kier alpha value is -3.16. The van der Waals surface area contributed by atoms with Gasteiger partial charge in [0.15, 0.2) is 0 Å². The lowest BCUT2D eigenvalue weighted by atomic mass is 10.2. The first-order chi connectivity index (χ1) is 12.5. The van der Waals surface area contributed by atoms with Gasteiger partial charge in [-0.15, -0.1) is 0 Å². The van der Waals surface area contributed by atoms with E-state index in [9.17, 15) is 13.2 Å². The molecule has 1 aromatic carbocycles. The van der Waals surface area contributed by atoms with E-state index in [0.717, 1.165) is 42.3 Å². The highest BCUT2D eigenvalue weighted by Crippen LogP contribution is 2.33. The number of nitrogens with one attached hydrogen (secondary N) is 1. The third-order valence-electron chi connectivity index (χ3n) is 4.10. The monoisotopic (exact) mass is 357 g/mol. The van der Waals surface area contributed by atoms with Crippen LogP contribution in [0.5, 0.6) is 0 Å². The summed E-state index contributed by atoms with van der Waals surface area (Å²) in [7, 11) is 0. The van der Waals surface area contributed by atoms with Crippen molar-refractivity contribution in [3.63, 3.8) is 0 Å². The molecule has 1 N–H and O–H groups in total. The number of benzene rings is 1. The maximum absolute atomic E-state index is 12.6. The fraction of sp³-hybridized carbons (Fsp3) is 0.167. The van der Waals surface area contributed by atoms with Crippen LogP contribution < -0.4 is 10.2 Å². The summed E-state index contributed by atoms with van der Waals surface area (Å²) in [6.45, 7) is 0.755. The normalized spacial score (nSPS) is 13.6. The van der Waals surface area contributed by atoms with Gasteiger partial charge in [0, 0.05) is 30.2 Å². The van der Waals surface area contributed by atoms with Crippen molar-refractivity contribution in [2.45, 2.75) is 12.6 Å². The zero-order valence-electron chi connectivity index (χ0n) is 13.5. The van der Waals surface area contributed by atoms with Crippen LogP contribution in [0.25, 0.3) is 0 Å². The second kappa shape index (κ2) is 6.29. The summed E-state index contributed by atoms with van der Waals surface area (Å²) in [5.41, 5.74) is 0.799. The Morgan fingerprint density at radius 1 is 1.00 bits per heavy atom. The molecular weight excluding hydrogens is 343 g/mol. The molecule has 3 aromatic rings. The Morgan fingerprint density at radius 2 is 1.81 bits per heavy atom. The van der Waals surface area contributed by atoms with E-state index in [1.54, 1.807) is 12.4 Å². The summed E-state index contributed by atoms with van der Waals surface area (Å²) in [6.07, 6.45) is -0.0914. The van der Waals surface area contributed by atoms with Gasteiger partial charge in [0.2, 0.25) is 5.95 Å². The number of alkyl halides is 3. The molecule has 132 valence electrons. The van der Waals surface area contributed by atoms with Crippen molar-refractivity contribution in [3.05, 3.63) is 66.0 Å². The third kappa shape index (κ3) is 3.17. The second-order valence-corrected chi connectivity index (χ2v) is 5.83. The first kappa shape index (κ1) is 16.3. The molecule has 5 nitrogen and oxygen atoms in total. The minimum absolute atomic E-state index is 0.325. The second-order valence-electron chi connectivity index (χ2n) is 5.83. The summed E-state index contributed by atoms with van der Waals surface area (Å²) in [5, 5.41) is 2.95. The highest BCUT2D eigenvalue weighted by molar-refractivity contribution is 5.65. The van der Waals surface area contributed by atoms with Gasteiger partial charge in [-0.1, -0.05) is 6.07 Å². The molecular formula is C18H14F3N5. The number of hydrogen-bond donors (Lipinski definition) is 1. The molecule has 3 heterocycles. The molecule has 0 radical (unpaired) electrons. The van der Waals surface area contributed by atoms with Gasteiger partial charge in [0.25, 0.3) is 0 Å². The third-order valence-corrected chi connectivity index (χ3v) is 4.10. The fourth-order valence-electron chi connectivity index (χ4n) is 2.81. The predicted octanol–water partition coefficient (Wildman–Crippen LogP) is 4.33. The van der Waals surface area contributed by atoms with Crippen molar-refractivity contribution in [2.24, 2.45) is 0 Å². The number of fused-ring (bicyclic) bond motifs is 1. The average molecular weight is 357 g/mol. The van der Waals surface area contributed by atoms with Crippen LogP contribution in [0.4, 0.5) is 36.4 Å². The Bertz CT molecular complexity index is 910. The van der Waals surface area contributed by atoms with E-state index in [2.05, 4.69) is 20.3 Å². The van der Waals surface area contributed by atoms with Gasteiger partial charge in [-0.3, -0.25) is 0 Å². The molecule has 1 aliphatic rings. The Balaban J connectivity index is 1.58. The van der Waals surface area contributed by atoms with E-state index in [-0.39, 0.29) is 0 Å². The number of aromatic nitrogens is 3. The van der Waals surface area contributed by atoms with E-state index < -0.39 is 11.7 Å². The summed E-state index contributed by atoms with van der Waals surface area (Å²) in [6, 6.07) is 10.4. The van der Waals surface area contributed by atoms with Gasteiger partial charge in [0.05, 0.1) is 5.56 Å². The van der Waals surface area contributed by atoms with Crippen LogP contribution >= 0.6 is 0 Å². The largest absolute Gasteiger partial charge is 0.416 e. The van der Waals surface area contributed by atoms with Crippen LogP contribution in [0.3, 0.4) is 0 Å². The molecule has 4 rings (SSSR count). The lowest BCUT2D eigenvalue weighted by Crippen LogP contribution is -2.16. The minimum Gasteiger partial charge on any atom is -0.324 e. The maximum Gasteiger partial charge on any atom is 0.416 e. The van der Waals surface area contributed by atoms with Crippen molar-refractivity contribution in [2.75, 3.05) is 16.8 Å². The number of halogens is 3. The van der Waals surface area contributed by atoms with Gasteiger partial charge in [0.1, 0.15) is 11.6 Å². The molecule has 0 aliphatic carbocycles. The molecule has 0 fully saturated rings. The van der Waals surface area contributed by atoms with Crippen LogP contribution in [-0.2, 0) is 12.6 Å². The van der Waals surface area contributed by atoms with Crippen LogP contribution in [0.1, 0.15) is 11.1 Å². The summed E-state index contributed by atoms with van der Waals surface area (Å²) in [4.78, 5) is 15.1. The van der Waals surface area contributed by atoms with E-state index in [4.69, 9.17) is 0 Å². The number of anilines is 4. The Morgan fingerprint density at radius 3 is 2.50 bits per heavy atom. The van der Waals surface area contributed by atoms with Gasteiger partial charge in [-0.2, -0.15) is 18.2 Å². The summed E-state index contributed by atoms with van der Waals surface area (Å²) >= 11 is 0. The van der Waals surface area contributed by atoms with E-state index in [1.165, 1.54) is 12.1 Å². The van der Waals surface area contributed by atoms with Crippen LogP contribution in [0, 0.1) is 0 Å². The van der Waals surface area contributed by atoms with Crippen LogP contribution in [0.15, 0.2) is 54.9 Å². The lowest BCUT2D eigenvalue weighted by Gasteiger charge is -2.17. The van der Waals surface area contributed by atoms with E-state index in [1.807, 2.05) is 23.1 Å². The molecule has 8 heteroatoms. The molecule has 0 atom stereocenters. The maximum atomic E-state index is 12.6. The van der Waals surface area contributed by atoms with Crippen molar-refractivity contribution < 1.29 is 13.2 Å². The molecule has 0 bridgehead atoms. The average Bonchev–Trinajstić information content (AvgIpc) is 3.05. The lowest BCUT2D eigenvalue weighted by molar-refractivity contribution is -0.137. The Kier molecular flexibility index (Phi) is 3.95. The Labute approximate surface area is 147 Å². The standard InChI is InChI=1S/C18H14F3N5/c19-18(20,21)13-4-6-14(7-5-13)24-17-23-11-12-8-10-26(16(12)25-17)15-3-1-2-9-22-15/h1-7,9,11H,8,10H2,(H,23,24,25). The summed E-state index contributed by atoms with van der Waals surface area (Å²) in [5.74, 6) is 1.88. The molecule has 0 saturated carbocycles. The first-order valence-electron chi connectivity index (χ1n) is 7.99. The van der Waals surface area contributed by atoms with Crippen molar-refractivity contribution >= 4 is 23.3 Å². The van der Waals surface area contributed by atoms with Crippen molar-refractivity contribution in [3.8, 4) is 0 Å². The van der Waals surface area contributed by atoms with Crippen LogP contribution in [0.2, 0.25) is 0 Å². The number of hydrogen-bond acceptors (Lipinski definition) is 5. The van der Waals surface area contributed by atoms with Gasteiger partial charge in [-0.05, 0) is 42.8 Å². The zero-order chi connectivity index (χ0) is 18.1. The number of nitrogens with zero attached hydrogens (tertiary/aromatic N) is 4. The fourth-order valence-corrected chi connectivity index (χ4v) is 2.81. The molecule has 1 aliphatic heterocycles. The van der Waals surface area contributed by atoms with E-state index >= 15 is 0 Å². The first-order valence-corrected chi connectivity index (χ1v) is 7.99. The predicted molar refractivity (Wildman–Crippen MR) is 91.7 cm³/mol. The summed E-state index contributed by atoms with van der Waals surface area (Å²) < 4.78 is 37.9. The molecule has 0 saturated heterocycles. The van der Waals surface area contributed by atoms with E-state index in [0.29, 0.717) is 11.6 Å². The van der Waals surface area contributed by atoms with Crippen LogP contribution in [-0.4, -0.2) is 21.5 Å². The molecule has 0 unspecified atom stereocenters. The number of pyridine rings is 1. The quantitative estimate of drug-likeness (QED) is 0.756. The zero-order valence-corrected chi connectivity index (χ0v) is 13.5. The van der Waals surface area contributed by atoms with Crippen molar-refractivity contribution in [1.82, 2.24) is 15.0 Å². The molecule has 0 amide bonds.